The molecule has 4 heteroatoms. The van der Waals surface area contributed by atoms with Crippen LogP contribution in [0.4, 0.5) is 5.82 Å². The van der Waals surface area contributed by atoms with Gasteiger partial charge in [-0.3, -0.25) is 4.79 Å². The number of aromatic nitrogens is 1. The third-order valence-corrected chi connectivity index (χ3v) is 1.80. The van der Waals surface area contributed by atoms with Crippen molar-refractivity contribution in [2.24, 2.45) is 0 Å². The number of carbonyl (C=O) groups excluding carboxylic acids is 1. The highest BCUT2D eigenvalue weighted by atomic mass is 16.1. The van der Waals surface area contributed by atoms with Crippen molar-refractivity contribution in [2.45, 2.75) is 13.8 Å². The fourth-order valence-electron chi connectivity index (χ4n) is 1.09. The maximum Gasteiger partial charge on any atom is 0.239 e. The smallest absolute Gasteiger partial charge is 0.239 e. The van der Waals surface area contributed by atoms with Gasteiger partial charge in [-0.1, -0.05) is 6.07 Å². The average molecular weight is 193 g/mol. The second kappa shape index (κ2) is 5.21. The minimum absolute atomic E-state index is 0.0162. The fourth-order valence-corrected chi connectivity index (χ4v) is 1.09. The summed E-state index contributed by atoms with van der Waals surface area (Å²) in [6.07, 6.45) is 1.70. The molecular weight excluding hydrogens is 178 g/mol. The molecule has 1 rings (SSSR count). The summed E-state index contributed by atoms with van der Waals surface area (Å²) in [4.78, 5) is 15.2. The summed E-state index contributed by atoms with van der Waals surface area (Å²) >= 11 is 0. The van der Waals surface area contributed by atoms with Crippen molar-refractivity contribution >= 4 is 11.7 Å². The highest BCUT2D eigenvalue weighted by Crippen LogP contribution is 2.07. The number of hydrogen-bond donors (Lipinski definition) is 2. The SMILES string of the molecule is CCNC(=O)CNc1ncccc1C. The molecule has 0 saturated heterocycles. The van der Waals surface area contributed by atoms with Gasteiger partial charge in [-0.25, -0.2) is 4.98 Å². The van der Waals surface area contributed by atoms with Crippen molar-refractivity contribution in [3.63, 3.8) is 0 Å². The maximum absolute atomic E-state index is 11.1. The molecule has 0 radical (unpaired) electrons. The van der Waals surface area contributed by atoms with Crippen LogP contribution in [-0.2, 0) is 4.79 Å². The molecule has 0 unspecified atom stereocenters. The minimum Gasteiger partial charge on any atom is -0.361 e. The summed E-state index contributed by atoms with van der Waals surface area (Å²) in [6.45, 7) is 4.77. The van der Waals surface area contributed by atoms with E-state index in [0.29, 0.717) is 6.54 Å². The lowest BCUT2D eigenvalue weighted by Crippen LogP contribution is -2.29. The Morgan fingerprint density at radius 3 is 3.00 bits per heavy atom. The Morgan fingerprint density at radius 1 is 1.57 bits per heavy atom. The monoisotopic (exact) mass is 193 g/mol. The predicted octanol–water partition coefficient (Wildman–Crippen LogP) is 0.938. The number of rotatable bonds is 4. The topological polar surface area (TPSA) is 54.0 Å². The molecule has 0 saturated carbocycles. The van der Waals surface area contributed by atoms with Crippen molar-refractivity contribution < 1.29 is 4.79 Å². The van der Waals surface area contributed by atoms with Crippen molar-refractivity contribution in [2.75, 3.05) is 18.4 Å². The summed E-state index contributed by atoms with van der Waals surface area (Å²) in [5.74, 6) is 0.747. The lowest BCUT2D eigenvalue weighted by Gasteiger charge is -2.07. The van der Waals surface area contributed by atoms with Gasteiger partial charge in [-0.2, -0.15) is 0 Å². The number of amides is 1. The number of likely N-dealkylation sites (N-methyl/N-ethyl adjacent to an activating group) is 1. The Morgan fingerprint density at radius 2 is 2.36 bits per heavy atom. The van der Waals surface area contributed by atoms with Crippen LogP contribution < -0.4 is 10.6 Å². The van der Waals surface area contributed by atoms with E-state index < -0.39 is 0 Å². The van der Waals surface area contributed by atoms with Gasteiger partial charge >= 0.3 is 0 Å². The molecule has 0 spiro atoms. The highest BCUT2D eigenvalue weighted by molar-refractivity contribution is 5.80. The average Bonchev–Trinajstić information content (AvgIpc) is 2.17. The largest absolute Gasteiger partial charge is 0.361 e. The number of pyridine rings is 1. The number of aryl methyl sites for hydroxylation is 1. The van der Waals surface area contributed by atoms with Crippen LogP contribution in [0.25, 0.3) is 0 Å². The molecule has 0 atom stereocenters. The van der Waals surface area contributed by atoms with Gasteiger partial charge < -0.3 is 10.6 Å². The standard InChI is InChI=1S/C10H15N3O/c1-3-11-9(14)7-13-10-8(2)5-4-6-12-10/h4-6H,3,7H2,1-2H3,(H,11,14)(H,12,13). The van der Waals surface area contributed by atoms with Crippen LogP contribution in [0.5, 0.6) is 0 Å². The second-order valence-electron chi connectivity index (χ2n) is 2.98. The molecular formula is C10H15N3O. The van der Waals surface area contributed by atoms with E-state index in [0.717, 1.165) is 11.4 Å². The van der Waals surface area contributed by atoms with Gasteiger partial charge in [0.25, 0.3) is 0 Å². The van der Waals surface area contributed by atoms with Gasteiger partial charge in [-0.15, -0.1) is 0 Å². The second-order valence-corrected chi connectivity index (χ2v) is 2.98. The first-order valence-corrected chi connectivity index (χ1v) is 4.66. The van der Waals surface area contributed by atoms with E-state index in [9.17, 15) is 4.79 Å². The fraction of sp³-hybridized carbons (Fsp3) is 0.400. The zero-order valence-electron chi connectivity index (χ0n) is 8.50. The number of anilines is 1. The molecule has 0 aliphatic carbocycles. The van der Waals surface area contributed by atoms with Gasteiger partial charge in [0.1, 0.15) is 5.82 Å². The van der Waals surface area contributed by atoms with E-state index in [-0.39, 0.29) is 12.5 Å². The molecule has 14 heavy (non-hydrogen) atoms. The van der Waals surface area contributed by atoms with Crippen LogP contribution in [0.2, 0.25) is 0 Å². The first-order chi connectivity index (χ1) is 6.74. The lowest BCUT2D eigenvalue weighted by molar-refractivity contribution is -0.119. The Kier molecular flexibility index (Phi) is 3.91. The van der Waals surface area contributed by atoms with Gasteiger partial charge in [0.05, 0.1) is 6.54 Å². The molecule has 1 aromatic rings. The van der Waals surface area contributed by atoms with E-state index in [4.69, 9.17) is 0 Å². The Labute approximate surface area is 83.7 Å². The highest BCUT2D eigenvalue weighted by Gasteiger charge is 2.01. The molecule has 1 aromatic heterocycles. The summed E-state index contributed by atoms with van der Waals surface area (Å²) in [5.41, 5.74) is 1.04. The van der Waals surface area contributed by atoms with E-state index in [2.05, 4.69) is 15.6 Å². The van der Waals surface area contributed by atoms with Crippen LogP contribution >= 0.6 is 0 Å². The zero-order chi connectivity index (χ0) is 10.4. The number of nitrogens with zero attached hydrogens (tertiary/aromatic N) is 1. The molecule has 0 aromatic carbocycles. The van der Waals surface area contributed by atoms with E-state index in [1.54, 1.807) is 6.20 Å². The number of nitrogens with one attached hydrogen (secondary N) is 2. The predicted molar refractivity (Wildman–Crippen MR) is 56.1 cm³/mol. The summed E-state index contributed by atoms with van der Waals surface area (Å²) in [6, 6.07) is 3.82. The molecule has 0 fully saturated rings. The van der Waals surface area contributed by atoms with Crippen LogP contribution in [0.15, 0.2) is 18.3 Å². The number of hydrogen-bond acceptors (Lipinski definition) is 3. The Hall–Kier alpha value is -1.58. The summed E-state index contributed by atoms with van der Waals surface area (Å²) in [5, 5.41) is 5.68. The molecule has 0 bridgehead atoms. The van der Waals surface area contributed by atoms with Crippen molar-refractivity contribution in [3.8, 4) is 0 Å². The molecule has 0 aliphatic rings. The van der Waals surface area contributed by atoms with Crippen molar-refractivity contribution in [3.05, 3.63) is 23.9 Å². The van der Waals surface area contributed by atoms with Gasteiger partial charge in [0, 0.05) is 12.7 Å². The first kappa shape index (κ1) is 10.5. The Balaban J connectivity index is 2.46. The molecule has 4 nitrogen and oxygen atoms in total. The molecule has 76 valence electrons. The van der Waals surface area contributed by atoms with Crippen molar-refractivity contribution in [1.29, 1.82) is 0 Å². The van der Waals surface area contributed by atoms with E-state index in [1.165, 1.54) is 0 Å². The van der Waals surface area contributed by atoms with E-state index >= 15 is 0 Å². The molecule has 2 N–H and O–H groups in total. The van der Waals surface area contributed by atoms with Crippen LogP contribution in [0.3, 0.4) is 0 Å². The maximum atomic E-state index is 11.1. The normalized spacial score (nSPS) is 9.57. The van der Waals surface area contributed by atoms with Crippen LogP contribution in [0, 0.1) is 6.92 Å². The van der Waals surface area contributed by atoms with Gasteiger partial charge in [-0.05, 0) is 25.5 Å². The third kappa shape index (κ3) is 3.05. The molecule has 0 aliphatic heterocycles. The van der Waals surface area contributed by atoms with E-state index in [1.807, 2.05) is 26.0 Å². The molecule has 1 heterocycles. The van der Waals surface area contributed by atoms with Gasteiger partial charge in [0.2, 0.25) is 5.91 Å². The summed E-state index contributed by atoms with van der Waals surface area (Å²) < 4.78 is 0. The minimum atomic E-state index is -0.0162. The third-order valence-electron chi connectivity index (χ3n) is 1.80. The quantitative estimate of drug-likeness (QED) is 0.748. The summed E-state index contributed by atoms with van der Waals surface area (Å²) in [7, 11) is 0. The zero-order valence-corrected chi connectivity index (χ0v) is 8.50. The molecule has 1 amide bonds. The number of carbonyl (C=O) groups is 1. The Bertz CT molecular complexity index is 312. The van der Waals surface area contributed by atoms with Crippen LogP contribution in [0.1, 0.15) is 12.5 Å². The lowest BCUT2D eigenvalue weighted by atomic mass is 10.3. The van der Waals surface area contributed by atoms with Crippen molar-refractivity contribution in [1.82, 2.24) is 10.3 Å². The first-order valence-electron chi connectivity index (χ1n) is 4.66. The van der Waals surface area contributed by atoms with Gasteiger partial charge in [0.15, 0.2) is 0 Å². The van der Waals surface area contributed by atoms with Crippen LogP contribution in [-0.4, -0.2) is 24.0 Å².